The molecule has 0 radical (unpaired) electrons. The zero-order valence-corrected chi connectivity index (χ0v) is 9.01. The van der Waals surface area contributed by atoms with Gasteiger partial charge in [-0.15, -0.1) is 0 Å². The first kappa shape index (κ1) is 12.6. The van der Waals surface area contributed by atoms with E-state index in [1.165, 1.54) is 6.66 Å². The van der Waals surface area contributed by atoms with E-state index in [9.17, 15) is 9.36 Å². The second-order valence-electron chi connectivity index (χ2n) is 2.89. The molecule has 13 heavy (non-hydrogen) atoms. The van der Waals surface area contributed by atoms with Crippen LogP contribution in [0.15, 0.2) is 0 Å². The summed E-state index contributed by atoms with van der Waals surface area (Å²) in [5, 5.41) is 2.37. The molecular formula is C7H16NO4P. The van der Waals surface area contributed by atoms with Crippen LogP contribution in [0.2, 0.25) is 0 Å². The Bertz CT molecular complexity index is 213. The van der Waals surface area contributed by atoms with Gasteiger partial charge in [-0.2, -0.15) is 0 Å². The Morgan fingerprint density at radius 3 is 2.62 bits per heavy atom. The van der Waals surface area contributed by atoms with Crippen molar-refractivity contribution in [2.24, 2.45) is 5.92 Å². The predicted octanol–water partition coefficient (Wildman–Crippen LogP) is 0.590. The van der Waals surface area contributed by atoms with E-state index >= 15 is 0 Å². The van der Waals surface area contributed by atoms with E-state index in [0.29, 0.717) is 6.61 Å². The molecule has 0 heterocycles. The summed E-state index contributed by atoms with van der Waals surface area (Å²) in [7, 11) is -3.24. The number of carbonyl (C=O) groups is 1. The molecular weight excluding hydrogens is 193 g/mol. The minimum atomic E-state index is -3.24. The molecule has 0 spiro atoms. The van der Waals surface area contributed by atoms with Gasteiger partial charge < -0.3 is 9.63 Å². The maximum atomic E-state index is 11.0. The molecule has 0 aliphatic heterocycles. The highest BCUT2D eigenvalue weighted by Gasteiger charge is 2.17. The largest absolute Gasteiger partial charge is 0.466 e. The molecule has 0 aliphatic rings. The molecule has 2 N–H and O–H groups in total. The molecule has 78 valence electrons. The number of hydrogen-bond acceptors (Lipinski definition) is 3. The van der Waals surface area contributed by atoms with Crippen molar-refractivity contribution in [2.75, 3.05) is 19.8 Å². The Labute approximate surface area is 78.0 Å². The van der Waals surface area contributed by atoms with Crippen LogP contribution in [0.5, 0.6) is 0 Å². The lowest BCUT2D eigenvalue weighted by molar-refractivity contribution is -0.147. The lowest BCUT2D eigenvalue weighted by atomic mass is 10.2. The van der Waals surface area contributed by atoms with Crippen molar-refractivity contribution in [3.8, 4) is 0 Å². The molecule has 0 saturated carbocycles. The fraction of sp³-hybridized carbons (Fsp3) is 0.857. The summed E-state index contributed by atoms with van der Waals surface area (Å²) >= 11 is 0. The van der Waals surface area contributed by atoms with Crippen molar-refractivity contribution in [1.29, 1.82) is 0 Å². The van der Waals surface area contributed by atoms with Crippen LogP contribution in [-0.2, 0) is 14.1 Å². The van der Waals surface area contributed by atoms with Gasteiger partial charge >= 0.3 is 5.97 Å². The zero-order chi connectivity index (χ0) is 10.5. The van der Waals surface area contributed by atoms with Crippen molar-refractivity contribution < 1.29 is 19.0 Å². The molecule has 6 heteroatoms. The minimum Gasteiger partial charge on any atom is -0.466 e. The van der Waals surface area contributed by atoms with Crippen LogP contribution in [0.25, 0.3) is 0 Å². The van der Waals surface area contributed by atoms with Crippen molar-refractivity contribution >= 4 is 13.5 Å². The summed E-state index contributed by atoms with van der Waals surface area (Å²) in [6.45, 7) is 5.02. The summed E-state index contributed by atoms with van der Waals surface area (Å²) in [6, 6.07) is 0. The van der Waals surface area contributed by atoms with Crippen molar-refractivity contribution in [1.82, 2.24) is 5.09 Å². The van der Waals surface area contributed by atoms with E-state index in [0.717, 1.165) is 0 Å². The number of ether oxygens (including phenoxy) is 1. The van der Waals surface area contributed by atoms with Gasteiger partial charge in [0.1, 0.15) is 0 Å². The fourth-order valence-corrected chi connectivity index (χ4v) is 1.29. The lowest BCUT2D eigenvalue weighted by Gasteiger charge is -2.12. The maximum Gasteiger partial charge on any atom is 0.309 e. The van der Waals surface area contributed by atoms with Crippen LogP contribution >= 0.6 is 7.52 Å². The van der Waals surface area contributed by atoms with Gasteiger partial charge in [0.2, 0.25) is 0 Å². The molecule has 0 aromatic carbocycles. The van der Waals surface area contributed by atoms with Crippen molar-refractivity contribution in [2.45, 2.75) is 13.8 Å². The molecule has 0 rings (SSSR count). The Hall–Kier alpha value is -0.380. The number of rotatable bonds is 5. The van der Waals surface area contributed by atoms with Gasteiger partial charge in [0, 0.05) is 13.2 Å². The Morgan fingerprint density at radius 2 is 2.23 bits per heavy atom. The third-order valence-corrected chi connectivity index (χ3v) is 2.15. The minimum absolute atomic E-state index is 0.156. The average molecular weight is 209 g/mol. The number of nitrogens with one attached hydrogen (secondary N) is 1. The van der Waals surface area contributed by atoms with Crippen LogP contribution in [-0.4, -0.2) is 30.7 Å². The third-order valence-electron chi connectivity index (χ3n) is 1.38. The quantitative estimate of drug-likeness (QED) is 0.512. The maximum absolute atomic E-state index is 11.0. The van der Waals surface area contributed by atoms with E-state index in [1.54, 1.807) is 13.8 Å². The van der Waals surface area contributed by atoms with E-state index < -0.39 is 13.4 Å². The van der Waals surface area contributed by atoms with Crippen LogP contribution in [0.4, 0.5) is 0 Å². The number of hydrogen-bond donors (Lipinski definition) is 2. The highest BCUT2D eigenvalue weighted by molar-refractivity contribution is 7.54. The molecule has 0 aliphatic carbocycles. The lowest BCUT2D eigenvalue weighted by Crippen LogP contribution is -2.25. The Morgan fingerprint density at radius 1 is 1.69 bits per heavy atom. The highest BCUT2D eigenvalue weighted by Crippen LogP contribution is 2.28. The predicted molar refractivity (Wildman–Crippen MR) is 49.5 cm³/mol. The van der Waals surface area contributed by atoms with Gasteiger partial charge in [0.25, 0.3) is 7.52 Å². The number of esters is 1. The molecule has 2 atom stereocenters. The Kier molecular flexibility index (Phi) is 5.21. The molecule has 0 aromatic rings. The van der Waals surface area contributed by atoms with Gasteiger partial charge in [-0.1, -0.05) is 6.92 Å². The van der Waals surface area contributed by atoms with E-state index in [-0.39, 0.29) is 12.5 Å². The van der Waals surface area contributed by atoms with Gasteiger partial charge in [0.05, 0.1) is 12.5 Å². The summed E-state index contributed by atoms with van der Waals surface area (Å²) in [5.74, 6) is -0.760. The van der Waals surface area contributed by atoms with E-state index in [2.05, 4.69) is 5.09 Å². The smallest absolute Gasteiger partial charge is 0.309 e. The summed E-state index contributed by atoms with van der Waals surface area (Å²) in [4.78, 5) is 19.9. The van der Waals surface area contributed by atoms with Crippen LogP contribution in [0.1, 0.15) is 13.8 Å². The monoisotopic (exact) mass is 209 g/mol. The van der Waals surface area contributed by atoms with Crippen molar-refractivity contribution in [3.05, 3.63) is 0 Å². The van der Waals surface area contributed by atoms with Crippen molar-refractivity contribution in [3.63, 3.8) is 0 Å². The normalized spacial score (nSPS) is 17.5. The first-order valence-electron chi connectivity index (χ1n) is 4.09. The number of carbonyl (C=O) groups excluding carboxylic acids is 1. The summed E-state index contributed by atoms with van der Waals surface area (Å²) < 4.78 is 15.5. The average Bonchev–Trinajstić information content (AvgIpc) is 1.99. The zero-order valence-electron chi connectivity index (χ0n) is 8.11. The van der Waals surface area contributed by atoms with E-state index in [4.69, 9.17) is 9.63 Å². The van der Waals surface area contributed by atoms with Gasteiger partial charge in [-0.3, -0.25) is 9.36 Å². The summed E-state index contributed by atoms with van der Waals surface area (Å²) in [6.07, 6.45) is 0. The second-order valence-corrected chi connectivity index (χ2v) is 4.97. The second kappa shape index (κ2) is 5.37. The van der Waals surface area contributed by atoms with Gasteiger partial charge in [0.15, 0.2) is 0 Å². The van der Waals surface area contributed by atoms with Gasteiger partial charge in [-0.05, 0) is 6.92 Å². The standard InChI is InChI=1S/C7H16NO4P/c1-4-12-7(9)6(2)5-8-13(3,10)11/h6H,4-5H2,1-3H3,(H2,8,10,11). The topological polar surface area (TPSA) is 75.6 Å². The first-order chi connectivity index (χ1) is 5.87. The third kappa shape index (κ3) is 6.75. The van der Waals surface area contributed by atoms with Gasteiger partial charge in [-0.25, -0.2) is 5.09 Å². The van der Waals surface area contributed by atoms with Crippen LogP contribution in [0.3, 0.4) is 0 Å². The van der Waals surface area contributed by atoms with E-state index in [1.807, 2.05) is 0 Å². The highest BCUT2D eigenvalue weighted by atomic mass is 31.2. The summed E-state index contributed by atoms with van der Waals surface area (Å²) in [5.41, 5.74) is 0. The van der Waals surface area contributed by atoms with Crippen LogP contribution < -0.4 is 5.09 Å². The molecule has 2 unspecified atom stereocenters. The molecule has 0 amide bonds. The van der Waals surface area contributed by atoms with Crippen LogP contribution in [0, 0.1) is 5.92 Å². The molecule has 0 bridgehead atoms. The first-order valence-corrected chi connectivity index (χ1v) is 6.19. The SMILES string of the molecule is CCOC(=O)C(C)CNP(C)(=O)O. The molecule has 0 saturated heterocycles. The fourth-order valence-electron chi connectivity index (χ4n) is 0.674. The molecule has 0 aromatic heterocycles. The Balaban J connectivity index is 3.81. The molecule has 0 fully saturated rings. The molecule has 5 nitrogen and oxygen atoms in total.